The van der Waals surface area contributed by atoms with E-state index in [-0.39, 0.29) is 16.8 Å². The predicted molar refractivity (Wildman–Crippen MR) is 85.7 cm³/mol. The number of fused-ring (bicyclic) bond motifs is 1. The molecule has 0 aliphatic heterocycles. The summed E-state index contributed by atoms with van der Waals surface area (Å²) in [6.07, 6.45) is -4.76. The van der Waals surface area contributed by atoms with E-state index < -0.39 is 24.6 Å². The van der Waals surface area contributed by atoms with Gasteiger partial charge in [0.2, 0.25) is 0 Å². The van der Waals surface area contributed by atoms with E-state index in [1.54, 1.807) is 13.8 Å². The molecule has 0 fully saturated rings. The van der Waals surface area contributed by atoms with E-state index in [4.69, 9.17) is 0 Å². The molecule has 2 heterocycles. The molecule has 10 heteroatoms. The largest absolute Gasteiger partial charge is 0.573 e. The van der Waals surface area contributed by atoms with Crippen LogP contribution in [-0.2, 0) is 6.61 Å². The van der Waals surface area contributed by atoms with E-state index in [0.717, 1.165) is 0 Å². The highest BCUT2D eigenvalue weighted by atomic mass is 19.4. The smallest absolute Gasteiger partial charge is 0.406 e. The van der Waals surface area contributed by atoms with Crippen molar-refractivity contribution in [3.8, 4) is 5.75 Å². The highest BCUT2D eigenvalue weighted by Crippen LogP contribution is 2.27. The average Bonchev–Trinajstić information content (AvgIpc) is 2.92. The molecule has 0 radical (unpaired) electrons. The standard InChI is InChI=1S/C16H15F3N4O3/c1-8(10-3-5-11(6-4-10)26-16(17,18)19)23-14-13(12(7-24)22-23)15(25)21-9(2)20-14/h3-6,8,24H,7H2,1-2H3,(H,20,21,25). The number of aliphatic hydroxyl groups is 1. The molecule has 0 aliphatic carbocycles. The van der Waals surface area contributed by atoms with Crippen LogP contribution >= 0.6 is 0 Å². The molecule has 7 nitrogen and oxygen atoms in total. The van der Waals surface area contributed by atoms with Crippen molar-refractivity contribution in [2.75, 3.05) is 0 Å². The molecule has 3 aromatic rings. The SMILES string of the molecule is Cc1nc2c(c(CO)nn2C(C)c2ccc(OC(F)(F)F)cc2)c(=O)[nH]1. The summed E-state index contributed by atoms with van der Waals surface area (Å²) in [7, 11) is 0. The van der Waals surface area contributed by atoms with Crippen molar-refractivity contribution in [1.29, 1.82) is 0 Å². The van der Waals surface area contributed by atoms with Crippen LogP contribution in [0, 0.1) is 6.92 Å². The lowest BCUT2D eigenvalue weighted by molar-refractivity contribution is -0.274. The Morgan fingerprint density at radius 1 is 1.31 bits per heavy atom. The summed E-state index contributed by atoms with van der Waals surface area (Å²) in [5.74, 6) is 0.0505. The van der Waals surface area contributed by atoms with Crippen LogP contribution in [0.4, 0.5) is 13.2 Å². The third-order valence-electron chi connectivity index (χ3n) is 3.87. The van der Waals surface area contributed by atoms with E-state index in [2.05, 4.69) is 19.8 Å². The van der Waals surface area contributed by atoms with Gasteiger partial charge in [0, 0.05) is 0 Å². The summed E-state index contributed by atoms with van der Waals surface area (Å²) in [5, 5.41) is 13.9. The summed E-state index contributed by atoms with van der Waals surface area (Å²) in [6.45, 7) is 2.93. The summed E-state index contributed by atoms with van der Waals surface area (Å²) >= 11 is 0. The van der Waals surface area contributed by atoms with Crippen molar-refractivity contribution in [1.82, 2.24) is 19.7 Å². The fraction of sp³-hybridized carbons (Fsp3) is 0.312. The Balaban J connectivity index is 2.02. The summed E-state index contributed by atoms with van der Waals surface area (Å²) in [5.41, 5.74) is 0.688. The Kier molecular flexibility index (Phi) is 4.45. The number of halogens is 3. The van der Waals surface area contributed by atoms with Crippen LogP contribution in [0.2, 0.25) is 0 Å². The number of aryl methyl sites for hydroxylation is 1. The van der Waals surface area contributed by atoms with Gasteiger partial charge < -0.3 is 14.8 Å². The van der Waals surface area contributed by atoms with Crippen LogP contribution in [-0.4, -0.2) is 31.2 Å². The Labute approximate surface area is 145 Å². The maximum Gasteiger partial charge on any atom is 0.573 e. The molecular formula is C16H15F3N4O3. The first-order valence-electron chi connectivity index (χ1n) is 7.64. The minimum absolute atomic E-state index is 0.178. The summed E-state index contributed by atoms with van der Waals surface area (Å²) < 4.78 is 42.1. The zero-order valence-electron chi connectivity index (χ0n) is 13.8. The van der Waals surface area contributed by atoms with Crippen molar-refractivity contribution in [2.45, 2.75) is 32.9 Å². The van der Waals surface area contributed by atoms with Gasteiger partial charge >= 0.3 is 6.36 Å². The maximum absolute atomic E-state index is 12.3. The molecule has 138 valence electrons. The molecule has 1 atom stereocenters. The van der Waals surface area contributed by atoms with Gasteiger partial charge in [-0.15, -0.1) is 13.2 Å². The fourth-order valence-electron chi connectivity index (χ4n) is 2.69. The number of hydrogen-bond acceptors (Lipinski definition) is 5. The van der Waals surface area contributed by atoms with Crippen LogP contribution in [0.25, 0.3) is 11.0 Å². The zero-order valence-corrected chi connectivity index (χ0v) is 13.8. The first kappa shape index (κ1) is 17.9. The lowest BCUT2D eigenvalue weighted by Crippen LogP contribution is -2.17. The number of rotatable bonds is 4. The second-order valence-electron chi connectivity index (χ2n) is 5.69. The molecule has 0 amide bonds. The molecule has 0 saturated heterocycles. The highest BCUT2D eigenvalue weighted by Gasteiger charge is 2.31. The number of H-pyrrole nitrogens is 1. The molecule has 2 N–H and O–H groups in total. The molecule has 2 aromatic heterocycles. The van der Waals surface area contributed by atoms with E-state index in [1.807, 2.05) is 0 Å². The van der Waals surface area contributed by atoms with Gasteiger partial charge in [-0.3, -0.25) is 4.79 Å². The number of alkyl halides is 3. The number of nitrogens with one attached hydrogen (secondary N) is 1. The number of aromatic amines is 1. The number of nitrogens with zero attached hydrogens (tertiary/aromatic N) is 3. The second kappa shape index (κ2) is 6.45. The molecule has 0 aliphatic rings. The molecule has 0 bridgehead atoms. The Morgan fingerprint density at radius 2 is 1.96 bits per heavy atom. The number of ether oxygens (including phenoxy) is 1. The molecular weight excluding hydrogens is 353 g/mol. The van der Waals surface area contributed by atoms with Crippen LogP contribution in [0.15, 0.2) is 29.1 Å². The van der Waals surface area contributed by atoms with Gasteiger partial charge in [0.25, 0.3) is 5.56 Å². The van der Waals surface area contributed by atoms with Crippen LogP contribution in [0.3, 0.4) is 0 Å². The lowest BCUT2D eigenvalue weighted by atomic mass is 10.1. The molecule has 0 spiro atoms. The predicted octanol–water partition coefficient (Wildman–Crippen LogP) is 2.43. The van der Waals surface area contributed by atoms with Gasteiger partial charge in [-0.1, -0.05) is 12.1 Å². The van der Waals surface area contributed by atoms with Gasteiger partial charge in [0.15, 0.2) is 5.65 Å². The topological polar surface area (TPSA) is 93.0 Å². The fourth-order valence-corrected chi connectivity index (χ4v) is 2.69. The third kappa shape index (κ3) is 3.40. The Bertz CT molecular complexity index is 993. The number of benzene rings is 1. The minimum Gasteiger partial charge on any atom is -0.406 e. The molecule has 1 aromatic carbocycles. The van der Waals surface area contributed by atoms with Gasteiger partial charge in [-0.2, -0.15) is 5.10 Å². The van der Waals surface area contributed by atoms with Gasteiger partial charge in [-0.05, 0) is 31.5 Å². The average molecular weight is 368 g/mol. The lowest BCUT2D eigenvalue weighted by Gasteiger charge is -2.15. The molecule has 26 heavy (non-hydrogen) atoms. The van der Waals surface area contributed by atoms with Crippen LogP contribution < -0.4 is 10.3 Å². The van der Waals surface area contributed by atoms with Crippen molar-refractivity contribution < 1.29 is 23.0 Å². The third-order valence-corrected chi connectivity index (χ3v) is 3.87. The molecule has 1 unspecified atom stereocenters. The quantitative estimate of drug-likeness (QED) is 0.738. The Morgan fingerprint density at radius 3 is 2.54 bits per heavy atom. The van der Waals surface area contributed by atoms with Gasteiger partial charge in [-0.25, -0.2) is 9.67 Å². The number of aromatic nitrogens is 4. The van der Waals surface area contributed by atoms with E-state index in [1.165, 1.54) is 28.9 Å². The van der Waals surface area contributed by atoms with Crippen LogP contribution in [0.5, 0.6) is 5.75 Å². The minimum atomic E-state index is -4.76. The summed E-state index contributed by atoms with van der Waals surface area (Å²) in [6, 6.07) is 4.90. The van der Waals surface area contributed by atoms with Crippen molar-refractivity contribution in [3.05, 3.63) is 51.7 Å². The highest BCUT2D eigenvalue weighted by molar-refractivity contribution is 5.77. The monoisotopic (exact) mass is 368 g/mol. The Hall–Kier alpha value is -2.88. The van der Waals surface area contributed by atoms with E-state index in [9.17, 15) is 23.1 Å². The van der Waals surface area contributed by atoms with Gasteiger partial charge in [0.05, 0.1) is 12.6 Å². The number of aliphatic hydroxyl groups excluding tert-OH is 1. The zero-order chi connectivity index (χ0) is 19.1. The van der Waals surface area contributed by atoms with Crippen molar-refractivity contribution in [3.63, 3.8) is 0 Å². The van der Waals surface area contributed by atoms with Crippen LogP contribution in [0.1, 0.15) is 30.0 Å². The summed E-state index contributed by atoms with van der Waals surface area (Å²) in [4.78, 5) is 19.0. The first-order valence-corrected chi connectivity index (χ1v) is 7.64. The van der Waals surface area contributed by atoms with E-state index >= 15 is 0 Å². The van der Waals surface area contributed by atoms with E-state index in [0.29, 0.717) is 17.0 Å². The first-order chi connectivity index (χ1) is 12.2. The van der Waals surface area contributed by atoms with Crippen molar-refractivity contribution >= 4 is 11.0 Å². The second-order valence-corrected chi connectivity index (χ2v) is 5.69. The van der Waals surface area contributed by atoms with Crippen molar-refractivity contribution in [2.24, 2.45) is 0 Å². The number of hydrogen-bond donors (Lipinski definition) is 2. The normalized spacial score (nSPS) is 13.2. The molecule has 0 saturated carbocycles. The maximum atomic E-state index is 12.3. The molecule has 3 rings (SSSR count). The van der Waals surface area contributed by atoms with Gasteiger partial charge in [0.1, 0.15) is 22.7 Å².